The molecule has 1 N–H and O–H groups in total. The van der Waals surface area contributed by atoms with Gasteiger partial charge in [0.2, 0.25) is 0 Å². The minimum Gasteiger partial charge on any atom is -0.481 e. The van der Waals surface area contributed by atoms with Crippen molar-refractivity contribution in [2.24, 2.45) is 5.92 Å². The number of carbonyl (C=O) groups excluding carboxylic acids is 1. The molecule has 1 fully saturated rings. The molecule has 7 nitrogen and oxygen atoms in total. The third-order valence-corrected chi connectivity index (χ3v) is 4.18. The number of benzene rings is 1. The summed E-state index contributed by atoms with van der Waals surface area (Å²) >= 11 is 6.19. The van der Waals surface area contributed by atoms with E-state index in [0.29, 0.717) is 29.4 Å². The fourth-order valence-electron chi connectivity index (χ4n) is 2.56. The van der Waals surface area contributed by atoms with Crippen LogP contribution in [0.5, 0.6) is 0 Å². The Kier molecular flexibility index (Phi) is 4.82. The zero-order valence-corrected chi connectivity index (χ0v) is 13.5. The normalized spacial score (nSPS) is 18.2. The minimum absolute atomic E-state index is 0.0937. The van der Waals surface area contributed by atoms with Crippen molar-refractivity contribution >= 4 is 23.5 Å². The average molecular weight is 350 g/mol. The maximum Gasteiger partial charge on any atom is 0.310 e. The van der Waals surface area contributed by atoms with Crippen molar-refractivity contribution in [1.82, 2.24) is 14.7 Å². The van der Waals surface area contributed by atoms with Crippen LogP contribution in [0.4, 0.5) is 0 Å². The number of halogens is 1. The number of carbonyl (C=O) groups is 2. The first-order valence-electron chi connectivity index (χ1n) is 7.45. The van der Waals surface area contributed by atoms with Gasteiger partial charge in [0.1, 0.15) is 0 Å². The molecule has 0 radical (unpaired) electrons. The van der Waals surface area contributed by atoms with Gasteiger partial charge in [0.25, 0.3) is 5.91 Å². The van der Waals surface area contributed by atoms with Crippen LogP contribution in [0.2, 0.25) is 5.02 Å². The first kappa shape index (κ1) is 16.5. The number of ether oxygens (including phenoxy) is 1. The number of nitrogens with zero attached hydrogens (tertiary/aromatic N) is 3. The first-order chi connectivity index (χ1) is 11.6. The number of aromatic nitrogens is 2. The maximum absolute atomic E-state index is 12.8. The van der Waals surface area contributed by atoms with E-state index in [1.807, 2.05) is 0 Å². The van der Waals surface area contributed by atoms with Crippen LogP contribution in [0.1, 0.15) is 10.4 Å². The molecular formula is C16H16ClN3O4. The molecule has 0 aliphatic carbocycles. The lowest BCUT2D eigenvalue weighted by Crippen LogP contribution is -2.38. The molecule has 1 unspecified atom stereocenters. The molecule has 1 amide bonds. The van der Waals surface area contributed by atoms with Crippen LogP contribution in [0.25, 0.3) is 5.69 Å². The van der Waals surface area contributed by atoms with Crippen molar-refractivity contribution in [3.63, 3.8) is 0 Å². The third-order valence-electron chi connectivity index (χ3n) is 3.85. The molecule has 0 spiro atoms. The molecule has 24 heavy (non-hydrogen) atoms. The van der Waals surface area contributed by atoms with Crippen LogP contribution in [0.3, 0.4) is 0 Å². The maximum atomic E-state index is 12.8. The summed E-state index contributed by atoms with van der Waals surface area (Å²) in [7, 11) is 0. The average Bonchev–Trinajstić information content (AvgIpc) is 2.98. The molecule has 3 rings (SSSR count). The molecule has 2 heterocycles. The molecule has 1 aromatic heterocycles. The second-order valence-corrected chi connectivity index (χ2v) is 5.88. The number of hydrogen-bond acceptors (Lipinski definition) is 4. The van der Waals surface area contributed by atoms with Crippen molar-refractivity contribution in [2.45, 2.75) is 0 Å². The highest BCUT2D eigenvalue weighted by atomic mass is 35.5. The lowest BCUT2D eigenvalue weighted by molar-refractivity contribution is -0.143. The Morgan fingerprint density at radius 2 is 2.21 bits per heavy atom. The van der Waals surface area contributed by atoms with Gasteiger partial charge in [-0.25, -0.2) is 4.68 Å². The number of rotatable bonds is 3. The van der Waals surface area contributed by atoms with Gasteiger partial charge in [0, 0.05) is 25.5 Å². The fourth-order valence-corrected chi connectivity index (χ4v) is 2.75. The highest BCUT2D eigenvalue weighted by Crippen LogP contribution is 2.22. The molecule has 1 atom stereocenters. The van der Waals surface area contributed by atoms with Crippen molar-refractivity contribution in [1.29, 1.82) is 0 Å². The van der Waals surface area contributed by atoms with E-state index in [0.717, 1.165) is 0 Å². The molecule has 1 aromatic carbocycles. The van der Waals surface area contributed by atoms with Crippen molar-refractivity contribution in [3.8, 4) is 5.69 Å². The summed E-state index contributed by atoms with van der Waals surface area (Å²) < 4.78 is 6.90. The van der Waals surface area contributed by atoms with Crippen LogP contribution < -0.4 is 0 Å². The van der Waals surface area contributed by atoms with Gasteiger partial charge in [-0.15, -0.1) is 0 Å². The van der Waals surface area contributed by atoms with Gasteiger partial charge in [0.05, 0.1) is 35.4 Å². The molecular weight excluding hydrogens is 334 g/mol. The Balaban J connectivity index is 1.88. The van der Waals surface area contributed by atoms with Crippen LogP contribution in [0.15, 0.2) is 36.7 Å². The first-order valence-corrected chi connectivity index (χ1v) is 7.83. The van der Waals surface area contributed by atoms with E-state index in [1.165, 1.54) is 4.90 Å². The lowest BCUT2D eigenvalue weighted by Gasteiger charge is -2.22. The SMILES string of the molecule is O=C(O)C1COCCN(C(=O)c2cc(-n3cccn3)ccc2Cl)C1. The summed E-state index contributed by atoms with van der Waals surface area (Å²) in [6, 6.07) is 6.82. The van der Waals surface area contributed by atoms with E-state index < -0.39 is 11.9 Å². The summed E-state index contributed by atoms with van der Waals surface area (Å²) in [5.41, 5.74) is 1.02. The predicted molar refractivity (Wildman–Crippen MR) is 86.4 cm³/mol. The quantitative estimate of drug-likeness (QED) is 0.911. The molecule has 1 saturated heterocycles. The Hall–Kier alpha value is -2.38. The third kappa shape index (κ3) is 3.42. The highest BCUT2D eigenvalue weighted by Gasteiger charge is 2.28. The van der Waals surface area contributed by atoms with Crippen LogP contribution in [-0.2, 0) is 9.53 Å². The van der Waals surface area contributed by atoms with E-state index in [4.69, 9.17) is 16.3 Å². The Morgan fingerprint density at radius 3 is 2.92 bits per heavy atom. The molecule has 2 aromatic rings. The van der Waals surface area contributed by atoms with Crippen molar-refractivity contribution in [2.75, 3.05) is 26.3 Å². The molecule has 126 valence electrons. The highest BCUT2D eigenvalue weighted by molar-refractivity contribution is 6.33. The number of hydrogen-bond donors (Lipinski definition) is 1. The van der Waals surface area contributed by atoms with E-state index in [2.05, 4.69) is 5.10 Å². The predicted octanol–water partition coefficient (Wildman–Crippen LogP) is 1.70. The van der Waals surface area contributed by atoms with E-state index >= 15 is 0 Å². The smallest absolute Gasteiger partial charge is 0.310 e. The summed E-state index contributed by atoms with van der Waals surface area (Å²) in [6.07, 6.45) is 3.40. The number of carboxylic acids is 1. The Bertz CT molecular complexity index is 748. The van der Waals surface area contributed by atoms with Crippen LogP contribution in [0, 0.1) is 5.92 Å². The second-order valence-electron chi connectivity index (χ2n) is 5.48. The summed E-state index contributed by atoms with van der Waals surface area (Å²) in [5, 5.41) is 13.6. The fraction of sp³-hybridized carbons (Fsp3) is 0.312. The zero-order chi connectivity index (χ0) is 17.1. The van der Waals surface area contributed by atoms with Gasteiger partial charge in [0.15, 0.2) is 0 Å². The standard InChI is InChI=1S/C16H16ClN3O4/c17-14-3-2-12(20-5-1-4-18-20)8-13(14)15(21)19-6-7-24-10-11(9-19)16(22)23/h1-5,8,11H,6-7,9-10H2,(H,22,23). The Morgan fingerprint density at radius 1 is 1.38 bits per heavy atom. The molecule has 1 aliphatic heterocycles. The molecule has 1 aliphatic rings. The summed E-state index contributed by atoms with van der Waals surface area (Å²) in [4.78, 5) is 25.5. The van der Waals surface area contributed by atoms with Gasteiger partial charge in [-0.05, 0) is 24.3 Å². The molecule has 0 bridgehead atoms. The van der Waals surface area contributed by atoms with E-state index in [9.17, 15) is 14.7 Å². The van der Waals surface area contributed by atoms with Gasteiger partial charge in [-0.3, -0.25) is 9.59 Å². The van der Waals surface area contributed by atoms with Crippen LogP contribution in [-0.4, -0.2) is 58.0 Å². The topological polar surface area (TPSA) is 84.7 Å². The lowest BCUT2D eigenvalue weighted by atomic mass is 10.1. The minimum atomic E-state index is -0.980. The number of amides is 1. The number of carboxylic acid groups (broad SMARTS) is 1. The largest absolute Gasteiger partial charge is 0.481 e. The van der Waals surface area contributed by atoms with Crippen molar-refractivity contribution in [3.05, 3.63) is 47.2 Å². The molecule has 0 saturated carbocycles. The van der Waals surface area contributed by atoms with Crippen molar-refractivity contribution < 1.29 is 19.4 Å². The number of aliphatic carboxylic acids is 1. The van der Waals surface area contributed by atoms with E-state index in [1.54, 1.807) is 41.3 Å². The zero-order valence-electron chi connectivity index (χ0n) is 12.8. The van der Waals surface area contributed by atoms with Gasteiger partial charge < -0.3 is 14.7 Å². The van der Waals surface area contributed by atoms with Gasteiger partial charge in [-0.1, -0.05) is 11.6 Å². The summed E-state index contributed by atoms with van der Waals surface area (Å²) in [5.74, 6) is -2.04. The van der Waals surface area contributed by atoms with E-state index in [-0.39, 0.29) is 19.1 Å². The monoisotopic (exact) mass is 349 g/mol. The Labute approximate surface area is 143 Å². The van der Waals surface area contributed by atoms with Crippen LogP contribution >= 0.6 is 11.6 Å². The van der Waals surface area contributed by atoms with Gasteiger partial charge >= 0.3 is 5.97 Å². The summed E-state index contributed by atoms with van der Waals surface area (Å²) in [6.45, 7) is 0.813. The van der Waals surface area contributed by atoms with Gasteiger partial charge in [-0.2, -0.15) is 5.10 Å². The second kappa shape index (κ2) is 7.02. The molecule has 8 heteroatoms.